The van der Waals surface area contributed by atoms with Crippen LogP contribution in [0.25, 0.3) is 10.1 Å². The standard InChI is InChI=1S/C20H19NO4S/c1-12-16-6-4-5-7-17(16)26-18(12)20(23)25-13(2)19(22)21-14-8-10-15(24-3)11-9-14/h4-11,13H,1-3H3,(H,21,22)/t13-/m0/s1. The second-order valence-corrected chi connectivity index (χ2v) is 6.87. The molecule has 0 saturated heterocycles. The Labute approximate surface area is 155 Å². The van der Waals surface area contributed by atoms with E-state index in [9.17, 15) is 9.59 Å². The van der Waals surface area contributed by atoms with E-state index in [2.05, 4.69) is 5.32 Å². The number of nitrogens with one attached hydrogen (secondary N) is 1. The van der Waals surface area contributed by atoms with Gasteiger partial charge in [-0.05, 0) is 55.1 Å². The van der Waals surface area contributed by atoms with E-state index in [0.29, 0.717) is 16.3 Å². The summed E-state index contributed by atoms with van der Waals surface area (Å²) in [6.07, 6.45) is -0.908. The molecule has 1 atom stereocenters. The predicted molar refractivity (Wildman–Crippen MR) is 103 cm³/mol. The number of rotatable bonds is 5. The molecule has 3 aromatic rings. The van der Waals surface area contributed by atoms with Crippen LogP contribution < -0.4 is 10.1 Å². The van der Waals surface area contributed by atoms with Crippen LogP contribution in [0.2, 0.25) is 0 Å². The Kier molecular flexibility index (Phi) is 5.23. The van der Waals surface area contributed by atoms with Gasteiger partial charge >= 0.3 is 5.97 Å². The molecule has 1 heterocycles. The Hall–Kier alpha value is -2.86. The zero-order valence-corrected chi connectivity index (χ0v) is 15.6. The van der Waals surface area contributed by atoms with E-state index >= 15 is 0 Å². The average molecular weight is 369 g/mol. The summed E-state index contributed by atoms with van der Waals surface area (Å²) in [6, 6.07) is 14.7. The monoisotopic (exact) mass is 369 g/mol. The van der Waals surface area contributed by atoms with Gasteiger partial charge in [0, 0.05) is 10.4 Å². The third-order valence-electron chi connectivity index (χ3n) is 4.04. The lowest BCUT2D eigenvalue weighted by atomic mass is 10.1. The van der Waals surface area contributed by atoms with Crippen molar-refractivity contribution in [3.8, 4) is 5.75 Å². The van der Waals surface area contributed by atoms with Gasteiger partial charge in [0.15, 0.2) is 6.10 Å². The topological polar surface area (TPSA) is 64.6 Å². The molecular formula is C20H19NO4S. The predicted octanol–water partition coefficient (Wildman–Crippen LogP) is 4.40. The first-order valence-electron chi connectivity index (χ1n) is 8.13. The number of benzene rings is 2. The molecular weight excluding hydrogens is 350 g/mol. The van der Waals surface area contributed by atoms with Gasteiger partial charge in [-0.3, -0.25) is 4.79 Å². The van der Waals surface area contributed by atoms with Crippen LogP contribution in [0.15, 0.2) is 48.5 Å². The molecule has 0 aliphatic rings. The summed E-state index contributed by atoms with van der Waals surface area (Å²) in [4.78, 5) is 25.3. The number of ether oxygens (including phenoxy) is 2. The number of esters is 1. The molecule has 0 spiro atoms. The van der Waals surface area contributed by atoms with Gasteiger partial charge in [-0.25, -0.2) is 4.79 Å². The number of methoxy groups -OCH3 is 1. The maximum atomic E-state index is 12.5. The molecule has 3 rings (SSSR count). The van der Waals surface area contributed by atoms with E-state index in [4.69, 9.17) is 9.47 Å². The summed E-state index contributed by atoms with van der Waals surface area (Å²) < 4.78 is 11.5. The molecule has 0 unspecified atom stereocenters. The van der Waals surface area contributed by atoms with Gasteiger partial charge in [0.05, 0.1) is 7.11 Å². The molecule has 0 bridgehead atoms. The molecule has 2 aromatic carbocycles. The molecule has 0 fully saturated rings. The van der Waals surface area contributed by atoms with Gasteiger partial charge in [0.2, 0.25) is 0 Å². The molecule has 1 aromatic heterocycles. The quantitative estimate of drug-likeness (QED) is 0.677. The third kappa shape index (κ3) is 3.70. The second-order valence-electron chi connectivity index (χ2n) is 5.82. The number of aryl methyl sites for hydroxylation is 1. The number of hydrogen-bond acceptors (Lipinski definition) is 5. The molecule has 1 amide bonds. The van der Waals surface area contributed by atoms with Crippen LogP contribution in [0.4, 0.5) is 5.69 Å². The number of hydrogen-bond donors (Lipinski definition) is 1. The normalized spacial score (nSPS) is 11.8. The van der Waals surface area contributed by atoms with Crippen LogP contribution in [0.3, 0.4) is 0 Å². The third-order valence-corrected chi connectivity index (χ3v) is 5.29. The molecule has 6 heteroatoms. The van der Waals surface area contributed by atoms with Crippen molar-refractivity contribution >= 4 is 39.0 Å². The van der Waals surface area contributed by atoms with E-state index in [1.165, 1.54) is 11.3 Å². The van der Waals surface area contributed by atoms with Gasteiger partial charge < -0.3 is 14.8 Å². The van der Waals surface area contributed by atoms with Crippen molar-refractivity contribution in [3.05, 3.63) is 59.0 Å². The molecule has 0 saturated carbocycles. The van der Waals surface area contributed by atoms with Gasteiger partial charge in [-0.2, -0.15) is 0 Å². The van der Waals surface area contributed by atoms with Gasteiger partial charge in [0.1, 0.15) is 10.6 Å². The van der Waals surface area contributed by atoms with Crippen LogP contribution >= 0.6 is 11.3 Å². The average Bonchev–Trinajstić information content (AvgIpc) is 2.99. The van der Waals surface area contributed by atoms with Crippen molar-refractivity contribution in [2.75, 3.05) is 12.4 Å². The summed E-state index contributed by atoms with van der Waals surface area (Å²) in [7, 11) is 1.57. The number of anilines is 1. The summed E-state index contributed by atoms with van der Waals surface area (Å²) >= 11 is 1.37. The lowest BCUT2D eigenvalue weighted by molar-refractivity contribution is -0.123. The van der Waals surface area contributed by atoms with Crippen molar-refractivity contribution in [2.45, 2.75) is 20.0 Å². The maximum Gasteiger partial charge on any atom is 0.349 e. The number of carbonyl (C=O) groups excluding carboxylic acids is 2. The first-order valence-corrected chi connectivity index (χ1v) is 8.95. The van der Waals surface area contributed by atoms with Crippen molar-refractivity contribution < 1.29 is 19.1 Å². The first-order chi connectivity index (χ1) is 12.5. The minimum absolute atomic E-state index is 0.387. The lowest BCUT2D eigenvalue weighted by Gasteiger charge is -2.13. The van der Waals surface area contributed by atoms with Crippen LogP contribution in [0.5, 0.6) is 5.75 Å². The molecule has 26 heavy (non-hydrogen) atoms. The zero-order chi connectivity index (χ0) is 18.7. The van der Waals surface area contributed by atoms with Gasteiger partial charge in [-0.15, -0.1) is 11.3 Å². The minimum atomic E-state index is -0.908. The lowest BCUT2D eigenvalue weighted by Crippen LogP contribution is -2.29. The van der Waals surface area contributed by atoms with Crippen LogP contribution in [-0.2, 0) is 9.53 Å². The van der Waals surface area contributed by atoms with Gasteiger partial charge in [0.25, 0.3) is 5.91 Å². The molecule has 1 N–H and O–H groups in total. The molecule has 5 nitrogen and oxygen atoms in total. The van der Waals surface area contributed by atoms with Crippen LogP contribution in [0.1, 0.15) is 22.2 Å². The molecule has 0 aliphatic carbocycles. The molecule has 0 radical (unpaired) electrons. The summed E-state index contributed by atoms with van der Waals surface area (Å²) in [5, 5.41) is 3.75. The Bertz CT molecular complexity index is 946. The molecule has 134 valence electrons. The number of thiophene rings is 1. The van der Waals surface area contributed by atoms with E-state index in [-0.39, 0.29) is 5.91 Å². The smallest absolute Gasteiger partial charge is 0.349 e. The summed E-state index contributed by atoms with van der Waals surface area (Å²) in [5.41, 5.74) is 1.48. The Balaban J connectivity index is 1.67. The van der Waals surface area contributed by atoms with Crippen molar-refractivity contribution in [1.82, 2.24) is 0 Å². The Morgan fingerprint density at radius 2 is 1.77 bits per heavy atom. The fraction of sp³-hybridized carbons (Fsp3) is 0.200. The number of carbonyl (C=O) groups is 2. The van der Waals surface area contributed by atoms with Crippen LogP contribution in [0, 0.1) is 6.92 Å². The number of amides is 1. The first kappa shape index (κ1) is 17.9. The maximum absolute atomic E-state index is 12.5. The fourth-order valence-corrected chi connectivity index (χ4v) is 3.65. The highest BCUT2D eigenvalue weighted by Crippen LogP contribution is 2.31. The molecule has 0 aliphatic heterocycles. The van der Waals surface area contributed by atoms with Crippen LogP contribution in [-0.4, -0.2) is 25.1 Å². The Morgan fingerprint density at radius 3 is 2.42 bits per heavy atom. The van der Waals surface area contributed by atoms with Crippen molar-refractivity contribution in [3.63, 3.8) is 0 Å². The number of fused-ring (bicyclic) bond motifs is 1. The highest BCUT2D eigenvalue weighted by Gasteiger charge is 2.22. The van der Waals surface area contributed by atoms with E-state index < -0.39 is 12.1 Å². The summed E-state index contributed by atoms with van der Waals surface area (Å²) in [6.45, 7) is 3.44. The SMILES string of the molecule is COc1ccc(NC(=O)[C@H](C)OC(=O)c2sc3ccccc3c2C)cc1. The highest BCUT2D eigenvalue weighted by molar-refractivity contribution is 7.21. The highest BCUT2D eigenvalue weighted by atomic mass is 32.1. The van der Waals surface area contributed by atoms with E-state index in [1.54, 1.807) is 38.3 Å². The zero-order valence-electron chi connectivity index (χ0n) is 14.7. The second kappa shape index (κ2) is 7.58. The van der Waals surface area contributed by atoms with Gasteiger partial charge in [-0.1, -0.05) is 18.2 Å². The van der Waals surface area contributed by atoms with E-state index in [0.717, 1.165) is 15.6 Å². The largest absolute Gasteiger partial charge is 0.497 e. The fourth-order valence-electron chi connectivity index (χ4n) is 2.55. The van der Waals surface area contributed by atoms with E-state index in [1.807, 2.05) is 31.2 Å². The Morgan fingerprint density at radius 1 is 1.08 bits per heavy atom. The minimum Gasteiger partial charge on any atom is -0.497 e. The van der Waals surface area contributed by atoms with Crippen molar-refractivity contribution in [2.24, 2.45) is 0 Å². The summed E-state index contributed by atoms with van der Waals surface area (Å²) in [5.74, 6) is -0.175. The van der Waals surface area contributed by atoms with Crippen molar-refractivity contribution in [1.29, 1.82) is 0 Å².